The molecule has 116 valence electrons. The average Bonchev–Trinajstić information content (AvgIpc) is 2.76. The van der Waals surface area contributed by atoms with Gasteiger partial charge in [-0.05, 0) is 0 Å². The summed E-state index contributed by atoms with van der Waals surface area (Å²) >= 11 is 0. The van der Waals surface area contributed by atoms with Gasteiger partial charge < -0.3 is 21.4 Å². The van der Waals surface area contributed by atoms with Gasteiger partial charge in [-0.2, -0.15) is 18.2 Å². The number of hydrogen-bond acceptors (Lipinski definition) is 0. The van der Waals surface area contributed by atoms with Gasteiger partial charge in [0.1, 0.15) is 0 Å². The Morgan fingerprint density at radius 2 is 1.16 bits per heavy atom. The standard InChI is InChI=1S/C10H23Si.C5H5.2CH3.Pt/c1-5-8-11(4,9-6-2)10-7-3;1-2-4-5-3-1;;;/h4-10H2,1-3H3;1-5H;2*1H3;/q4*-1;+4. The number of hydrogen-bond donors (Lipinski definition) is 0. The molecule has 0 saturated heterocycles. The molecular weight excluding hydrogens is 427 g/mol. The summed E-state index contributed by atoms with van der Waals surface area (Å²) in [6.45, 7) is 11.3. The molecule has 0 aliphatic heterocycles. The van der Waals surface area contributed by atoms with E-state index in [2.05, 4.69) is 27.3 Å². The summed E-state index contributed by atoms with van der Waals surface area (Å²) in [6, 6.07) is 14.3. The van der Waals surface area contributed by atoms with E-state index in [4.69, 9.17) is 0 Å². The van der Waals surface area contributed by atoms with Crippen molar-refractivity contribution in [2.75, 3.05) is 0 Å². The molecule has 0 N–H and O–H groups in total. The van der Waals surface area contributed by atoms with E-state index in [1.54, 1.807) is 0 Å². The van der Waals surface area contributed by atoms with Gasteiger partial charge in [0.05, 0.1) is 0 Å². The molecule has 1 aromatic carbocycles. The van der Waals surface area contributed by atoms with E-state index in [9.17, 15) is 0 Å². The van der Waals surface area contributed by atoms with Crippen molar-refractivity contribution in [3.8, 4) is 0 Å². The van der Waals surface area contributed by atoms with Gasteiger partial charge in [-0.25, -0.2) is 12.1 Å². The molecule has 0 spiro atoms. The Bertz CT molecular complexity index is 185. The summed E-state index contributed by atoms with van der Waals surface area (Å²) in [5, 5.41) is 0. The van der Waals surface area contributed by atoms with Crippen molar-refractivity contribution in [3.63, 3.8) is 0 Å². The van der Waals surface area contributed by atoms with Crippen LogP contribution in [-0.4, -0.2) is 8.07 Å². The summed E-state index contributed by atoms with van der Waals surface area (Å²) in [6.07, 6.45) is 4.03. The second-order valence-electron chi connectivity index (χ2n) is 4.71. The molecule has 0 radical (unpaired) electrons. The normalized spacial score (nSPS) is 9.05. The first kappa shape index (κ1) is 27.6. The topological polar surface area (TPSA) is 0 Å². The third-order valence-electron chi connectivity index (χ3n) is 2.90. The second kappa shape index (κ2) is 18.3. The van der Waals surface area contributed by atoms with Crippen molar-refractivity contribution >= 4 is 8.07 Å². The monoisotopic (exact) mass is 461 g/mol. The Morgan fingerprint density at radius 1 is 0.842 bits per heavy atom. The summed E-state index contributed by atoms with van der Waals surface area (Å²) in [5.41, 5.74) is 0. The first-order chi connectivity index (χ1) is 7.68. The molecule has 1 aromatic rings. The molecule has 1 rings (SSSR count). The Balaban J connectivity index is -0.000000121. The molecule has 0 heterocycles. The van der Waals surface area contributed by atoms with Gasteiger partial charge in [0.15, 0.2) is 0 Å². The zero-order valence-electron chi connectivity index (χ0n) is 13.7. The molecule has 0 atom stereocenters. The smallest absolute Gasteiger partial charge is 0.358 e. The molecule has 0 unspecified atom stereocenters. The SMILES string of the molecule is [CH2-][Si](CCC)(CCC)CCC.[CH3-].[CH3-].[Pt+4].c1cc[cH-]c1. The van der Waals surface area contributed by atoms with Crippen LogP contribution in [0, 0.1) is 21.4 Å². The van der Waals surface area contributed by atoms with Crippen molar-refractivity contribution in [2.45, 2.75) is 58.2 Å². The Hall–Kier alpha value is 0.255. The third-order valence-corrected chi connectivity index (χ3v) is 7.58. The zero-order valence-corrected chi connectivity index (χ0v) is 16.9. The minimum absolute atomic E-state index is 0. The van der Waals surface area contributed by atoms with Gasteiger partial charge in [0, 0.05) is 0 Å². The van der Waals surface area contributed by atoms with Crippen LogP contribution in [0.25, 0.3) is 0 Å². The quantitative estimate of drug-likeness (QED) is 0.342. The van der Waals surface area contributed by atoms with E-state index >= 15 is 0 Å². The van der Waals surface area contributed by atoms with Crippen LogP contribution in [-0.2, 0) is 21.1 Å². The van der Waals surface area contributed by atoms with Gasteiger partial charge >= 0.3 is 21.1 Å². The van der Waals surface area contributed by atoms with E-state index in [1.165, 1.54) is 37.4 Å². The van der Waals surface area contributed by atoms with Crippen LogP contribution in [0.15, 0.2) is 30.3 Å². The predicted octanol–water partition coefficient (Wildman–Crippen LogP) is 6.34. The third kappa shape index (κ3) is 16.2. The largest absolute Gasteiger partial charge is 4.00 e. The van der Waals surface area contributed by atoms with Crippen LogP contribution in [0.4, 0.5) is 0 Å². The molecule has 0 aliphatic rings. The van der Waals surface area contributed by atoms with Crippen LogP contribution in [0.5, 0.6) is 0 Å². The molecule has 0 fully saturated rings. The fourth-order valence-corrected chi connectivity index (χ4v) is 6.22. The molecule has 0 aliphatic carbocycles. The molecular formula is C17H34PtSi. The molecule has 0 amide bonds. The summed E-state index contributed by atoms with van der Waals surface area (Å²) in [4.78, 5) is 0. The maximum absolute atomic E-state index is 4.48. The van der Waals surface area contributed by atoms with Crippen LogP contribution < -0.4 is 0 Å². The van der Waals surface area contributed by atoms with E-state index < -0.39 is 8.07 Å². The Kier molecular flexibility index (Phi) is 26.5. The fraction of sp³-hybridized carbons (Fsp3) is 0.529. The van der Waals surface area contributed by atoms with Crippen molar-refractivity contribution in [2.24, 2.45) is 0 Å². The maximum atomic E-state index is 4.48. The second-order valence-corrected chi connectivity index (χ2v) is 9.21. The molecule has 2 heteroatoms. The van der Waals surface area contributed by atoms with Crippen LogP contribution in [0.3, 0.4) is 0 Å². The van der Waals surface area contributed by atoms with Gasteiger partial charge in [-0.15, -0.1) is 0 Å². The van der Waals surface area contributed by atoms with Gasteiger partial charge in [0.25, 0.3) is 0 Å². The van der Waals surface area contributed by atoms with Gasteiger partial charge in [0.2, 0.25) is 0 Å². The number of rotatable bonds is 6. The van der Waals surface area contributed by atoms with E-state index in [-0.39, 0.29) is 35.9 Å². The average molecular weight is 462 g/mol. The molecule has 0 aromatic heterocycles. The van der Waals surface area contributed by atoms with Crippen molar-refractivity contribution < 1.29 is 21.1 Å². The van der Waals surface area contributed by atoms with Crippen molar-refractivity contribution in [1.82, 2.24) is 0 Å². The Labute approximate surface area is 139 Å². The summed E-state index contributed by atoms with van der Waals surface area (Å²) in [5.74, 6) is 0. The Morgan fingerprint density at radius 3 is 1.32 bits per heavy atom. The van der Waals surface area contributed by atoms with Crippen LogP contribution in [0.2, 0.25) is 18.1 Å². The molecule has 19 heavy (non-hydrogen) atoms. The van der Waals surface area contributed by atoms with Crippen LogP contribution >= 0.6 is 0 Å². The predicted molar refractivity (Wildman–Crippen MR) is 91.3 cm³/mol. The minimum Gasteiger partial charge on any atom is -0.358 e. The van der Waals surface area contributed by atoms with Crippen LogP contribution in [0.1, 0.15) is 40.0 Å². The fourth-order valence-electron chi connectivity index (χ4n) is 2.29. The molecule has 0 saturated carbocycles. The van der Waals surface area contributed by atoms with E-state index in [0.29, 0.717) is 0 Å². The maximum Gasteiger partial charge on any atom is 4.00 e. The molecule has 0 bridgehead atoms. The minimum atomic E-state index is -0.999. The van der Waals surface area contributed by atoms with E-state index in [1.807, 2.05) is 30.3 Å². The van der Waals surface area contributed by atoms with Crippen molar-refractivity contribution in [3.05, 3.63) is 51.7 Å². The van der Waals surface area contributed by atoms with Gasteiger partial charge in [-0.3, -0.25) is 0 Å². The van der Waals surface area contributed by atoms with Crippen molar-refractivity contribution in [1.29, 1.82) is 0 Å². The van der Waals surface area contributed by atoms with E-state index in [0.717, 1.165) is 0 Å². The van der Waals surface area contributed by atoms with Gasteiger partial charge in [-0.1, -0.05) is 66.2 Å². The summed E-state index contributed by atoms with van der Waals surface area (Å²) < 4.78 is 0. The summed E-state index contributed by atoms with van der Waals surface area (Å²) in [7, 11) is -0.999. The molecule has 0 nitrogen and oxygen atoms in total. The first-order valence-corrected chi connectivity index (χ1v) is 9.53. The first-order valence-electron chi connectivity index (χ1n) is 6.70. The zero-order chi connectivity index (χ0) is 12.3.